The van der Waals surface area contributed by atoms with Gasteiger partial charge in [0.1, 0.15) is 6.04 Å². The summed E-state index contributed by atoms with van der Waals surface area (Å²) in [6.07, 6.45) is 8.10. The first-order valence-corrected chi connectivity index (χ1v) is 11.7. The molecule has 28 heavy (non-hydrogen) atoms. The van der Waals surface area contributed by atoms with Gasteiger partial charge in [-0.15, -0.1) is 11.8 Å². The first kappa shape index (κ1) is 21.2. The molecule has 1 fully saturated rings. The molecule has 7 heteroatoms. The minimum absolute atomic E-state index is 0.101. The van der Waals surface area contributed by atoms with Crippen LogP contribution in [0.5, 0.6) is 0 Å². The maximum absolute atomic E-state index is 12.8. The Labute approximate surface area is 176 Å². The Balaban J connectivity index is 1.54. The normalized spacial score (nSPS) is 19.1. The molecular formula is C21H28N2O3S2. The number of imide groups is 1. The van der Waals surface area contributed by atoms with Gasteiger partial charge in [-0.25, -0.2) is 0 Å². The number of carbonyl (C=O) groups is 3. The molecule has 1 saturated heterocycles. The van der Waals surface area contributed by atoms with Crippen LogP contribution in [-0.4, -0.2) is 40.2 Å². The SMILES string of the molecule is O=C1CCC(N2Cc3c(SCCCCCCCCS)cccc3C2=O)C(=O)N1. The van der Waals surface area contributed by atoms with E-state index in [4.69, 9.17) is 0 Å². The Morgan fingerprint density at radius 3 is 2.57 bits per heavy atom. The molecule has 0 bridgehead atoms. The van der Waals surface area contributed by atoms with Crippen molar-refractivity contribution in [3.8, 4) is 0 Å². The molecule has 1 aromatic carbocycles. The molecule has 3 amide bonds. The fourth-order valence-electron chi connectivity index (χ4n) is 3.80. The molecule has 1 unspecified atom stereocenters. The van der Waals surface area contributed by atoms with Crippen LogP contribution in [0.4, 0.5) is 0 Å². The van der Waals surface area contributed by atoms with Gasteiger partial charge in [0.25, 0.3) is 5.91 Å². The maximum Gasteiger partial charge on any atom is 0.255 e. The van der Waals surface area contributed by atoms with Gasteiger partial charge >= 0.3 is 0 Å². The van der Waals surface area contributed by atoms with Crippen LogP contribution in [-0.2, 0) is 16.1 Å². The number of carbonyl (C=O) groups excluding carboxylic acids is 3. The van der Waals surface area contributed by atoms with Gasteiger partial charge in [0.2, 0.25) is 11.8 Å². The summed E-state index contributed by atoms with van der Waals surface area (Å²) < 4.78 is 0. The van der Waals surface area contributed by atoms with Crippen molar-refractivity contribution in [2.24, 2.45) is 0 Å². The standard InChI is InChI=1S/C21H28N2O3S2/c24-19-11-10-17(20(25)22-19)23-14-16-15(21(23)26)8-7-9-18(16)28-13-6-4-2-1-3-5-12-27/h7-9,17,27H,1-6,10-14H2,(H,22,24,25). The monoisotopic (exact) mass is 420 g/mol. The average molecular weight is 421 g/mol. The fourth-order valence-corrected chi connectivity index (χ4v) is 5.11. The minimum atomic E-state index is -0.548. The third-order valence-corrected chi connectivity index (χ3v) is 6.85. The first-order chi connectivity index (χ1) is 13.6. The van der Waals surface area contributed by atoms with Crippen LogP contribution in [0.1, 0.15) is 67.3 Å². The Kier molecular flexibility index (Phi) is 7.85. The molecule has 1 aromatic rings. The van der Waals surface area contributed by atoms with Crippen LogP contribution in [0.3, 0.4) is 0 Å². The summed E-state index contributed by atoms with van der Waals surface area (Å²) in [5.41, 5.74) is 1.72. The van der Waals surface area contributed by atoms with Crippen LogP contribution in [0.15, 0.2) is 23.1 Å². The second-order valence-corrected chi connectivity index (χ2v) is 8.96. The van der Waals surface area contributed by atoms with Gasteiger partial charge in [0.15, 0.2) is 0 Å². The topological polar surface area (TPSA) is 66.5 Å². The van der Waals surface area contributed by atoms with Crippen LogP contribution in [0.2, 0.25) is 0 Å². The average Bonchev–Trinajstić information content (AvgIpc) is 3.01. The lowest BCUT2D eigenvalue weighted by Gasteiger charge is -2.29. The van der Waals surface area contributed by atoms with E-state index in [0.29, 0.717) is 18.5 Å². The quantitative estimate of drug-likeness (QED) is 0.261. The molecule has 1 N–H and O–H groups in total. The zero-order chi connectivity index (χ0) is 19.9. The van der Waals surface area contributed by atoms with Gasteiger partial charge in [0.05, 0.1) is 0 Å². The zero-order valence-corrected chi connectivity index (χ0v) is 17.8. The molecule has 3 rings (SSSR count). The summed E-state index contributed by atoms with van der Waals surface area (Å²) >= 11 is 6.04. The van der Waals surface area contributed by atoms with E-state index in [1.54, 1.807) is 16.7 Å². The van der Waals surface area contributed by atoms with Gasteiger partial charge < -0.3 is 4.90 Å². The van der Waals surface area contributed by atoms with E-state index in [1.165, 1.54) is 38.5 Å². The summed E-state index contributed by atoms with van der Waals surface area (Å²) in [5.74, 6) is 1.30. The summed E-state index contributed by atoms with van der Waals surface area (Å²) in [6.45, 7) is 0.452. The molecular weight excluding hydrogens is 392 g/mol. The number of hydrogen-bond acceptors (Lipinski definition) is 5. The molecule has 152 valence electrons. The largest absolute Gasteiger partial charge is 0.322 e. The van der Waals surface area contributed by atoms with Gasteiger partial charge in [-0.2, -0.15) is 12.6 Å². The highest BCUT2D eigenvalue weighted by Gasteiger charge is 2.39. The molecule has 2 heterocycles. The van der Waals surface area contributed by atoms with Crippen molar-refractivity contribution in [2.45, 2.75) is 68.8 Å². The van der Waals surface area contributed by atoms with E-state index < -0.39 is 6.04 Å². The molecule has 0 spiro atoms. The van der Waals surface area contributed by atoms with Gasteiger partial charge in [-0.3, -0.25) is 19.7 Å². The molecule has 1 atom stereocenters. The Hall–Kier alpha value is -1.47. The number of nitrogens with one attached hydrogen (secondary N) is 1. The fraction of sp³-hybridized carbons (Fsp3) is 0.571. The van der Waals surface area contributed by atoms with E-state index in [1.807, 2.05) is 12.1 Å². The highest BCUT2D eigenvalue weighted by Crippen LogP contribution is 2.34. The highest BCUT2D eigenvalue weighted by molar-refractivity contribution is 7.99. The molecule has 2 aliphatic heterocycles. The van der Waals surface area contributed by atoms with Crippen LogP contribution < -0.4 is 5.32 Å². The number of piperidine rings is 1. The second kappa shape index (κ2) is 10.3. The number of rotatable bonds is 10. The van der Waals surface area contributed by atoms with Crippen molar-refractivity contribution in [1.82, 2.24) is 10.2 Å². The third kappa shape index (κ3) is 5.11. The van der Waals surface area contributed by atoms with Crippen molar-refractivity contribution < 1.29 is 14.4 Å². The minimum Gasteiger partial charge on any atom is -0.322 e. The summed E-state index contributed by atoms with van der Waals surface area (Å²) in [4.78, 5) is 39.1. The lowest BCUT2D eigenvalue weighted by atomic mass is 10.0. The van der Waals surface area contributed by atoms with Crippen molar-refractivity contribution in [3.63, 3.8) is 0 Å². The van der Waals surface area contributed by atoms with Crippen molar-refractivity contribution in [3.05, 3.63) is 29.3 Å². The van der Waals surface area contributed by atoms with Crippen molar-refractivity contribution in [1.29, 1.82) is 0 Å². The maximum atomic E-state index is 12.8. The van der Waals surface area contributed by atoms with Crippen molar-refractivity contribution >= 4 is 42.1 Å². The van der Waals surface area contributed by atoms with E-state index >= 15 is 0 Å². The Morgan fingerprint density at radius 1 is 1.07 bits per heavy atom. The zero-order valence-electron chi connectivity index (χ0n) is 16.1. The van der Waals surface area contributed by atoms with Crippen molar-refractivity contribution in [2.75, 3.05) is 11.5 Å². The van der Waals surface area contributed by atoms with Crippen LogP contribution in [0.25, 0.3) is 0 Å². The number of nitrogens with zero attached hydrogens (tertiary/aromatic N) is 1. The summed E-state index contributed by atoms with van der Waals surface area (Å²) in [6, 6.07) is 5.28. The van der Waals surface area contributed by atoms with E-state index in [-0.39, 0.29) is 24.1 Å². The summed E-state index contributed by atoms with van der Waals surface area (Å²) in [7, 11) is 0. The number of hydrogen-bond donors (Lipinski definition) is 2. The lowest BCUT2D eigenvalue weighted by Crippen LogP contribution is -2.52. The van der Waals surface area contributed by atoms with E-state index in [2.05, 4.69) is 24.0 Å². The molecule has 0 aromatic heterocycles. The predicted octanol–water partition coefficient (Wildman–Crippen LogP) is 3.81. The second-order valence-electron chi connectivity index (χ2n) is 7.38. The third-order valence-electron chi connectivity index (χ3n) is 5.35. The predicted molar refractivity (Wildman–Crippen MR) is 115 cm³/mol. The molecule has 0 aliphatic carbocycles. The Bertz CT molecular complexity index is 738. The van der Waals surface area contributed by atoms with Gasteiger partial charge in [0, 0.05) is 23.4 Å². The number of thiol groups is 1. The first-order valence-electron chi connectivity index (χ1n) is 10.1. The molecule has 0 saturated carbocycles. The van der Waals surface area contributed by atoms with E-state index in [9.17, 15) is 14.4 Å². The highest BCUT2D eigenvalue weighted by atomic mass is 32.2. The molecule has 2 aliphatic rings. The smallest absolute Gasteiger partial charge is 0.255 e. The number of thioether (sulfide) groups is 1. The van der Waals surface area contributed by atoms with Gasteiger partial charge in [-0.05, 0) is 48.5 Å². The number of amides is 3. The number of benzene rings is 1. The Morgan fingerprint density at radius 2 is 1.82 bits per heavy atom. The van der Waals surface area contributed by atoms with Crippen LogP contribution >= 0.6 is 24.4 Å². The number of unbranched alkanes of at least 4 members (excludes halogenated alkanes) is 5. The van der Waals surface area contributed by atoms with E-state index in [0.717, 1.165) is 22.0 Å². The van der Waals surface area contributed by atoms with Gasteiger partial charge in [-0.1, -0.05) is 31.7 Å². The van der Waals surface area contributed by atoms with Crippen LogP contribution in [0, 0.1) is 0 Å². The number of fused-ring (bicyclic) bond motifs is 1. The summed E-state index contributed by atoms with van der Waals surface area (Å²) in [5, 5.41) is 2.35. The lowest BCUT2D eigenvalue weighted by molar-refractivity contribution is -0.136. The molecule has 5 nitrogen and oxygen atoms in total. The molecule has 0 radical (unpaired) electrons.